The number of anilines is 2. The molecular formula is C11H20N8O. The van der Waals surface area contributed by atoms with Gasteiger partial charge in [-0.15, -0.1) is 0 Å². The highest BCUT2D eigenvalue weighted by molar-refractivity contribution is 5.86. The van der Waals surface area contributed by atoms with Gasteiger partial charge in [0, 0.05) is 13.1 Å². The summed E-state index contributed by atoms with van der Waals surface area (Å²) in [5, 5.41) is 10.7. The van der Waals surface area contributed by atoms with Gasteiger partial charge in [0.1, 0.15) is 5.82 Å². The third-order valence-electron chi connectivity index (χ3n) is 2.66. The van der Waals surface area contributed by atoms with Gasteiger partial charge in [0.25, 0.3) is 0 Å². The van der Waals surface area contributed by atoms with E-state index in [9.17, 15) is 0 Å². The van der Waals surface area contributed by atoms with Crippen molar-refractivity contribution in [1.29, 1.82) is 0 Å². The number of aromatic amines is 1. The predicted octanol–water partition coefficient (Wildman–Crippen LogP) is -0.371. The normalized spacial score (nSPS) is 11.2. The first kappa shape index (κ1) is 14.4. The van der Waals surface area contributed by atoms with Crippen molar-refractivity contribution in [3.63, 3.8) is 0 Å². The van der Waals surface area contributed by atoms with Crippen molar-refractivity contribution in [2.24, 2.45) is 5.84 Å². The van der Waals surface area contributed by atoms with Gasteiger partial charge in [0.2, 0.25) is 5.95 Å². The lowest BCUT2D eigenvalue weighted by Crippen LogP contribution is -2.20. The number of rotatable bonds is 8. The average Bonchev–Trinajstić information content (AvgIpc) is 2.90. The van der Waals surface area contributed by atoms with Gasteiger partial charge < -0.3 is 15.0 Å². The maximum Gasteiger partial charge on any atom is 0.241 e. The van der Waals surface area contributed by atoms with Crippen molar-refractivity contribution in [2.45, 2.75) is 0 Å². The van der Waals surface area contributed by atoms with E-state index in [0.717, 1.165) is 11.9 Å². The first-order valence-electron chi connectivity index (χ1n) is 6.35. The van der Waals surface area contributed by atoms with Crippen LogP contribution in [-0.4, -0.2) is 65.5 Å². The van der Waals surface area contributed by atoms with E-state index in [1.165, 1.54) is 0 Å². The minimum absolute atomic E-state index is 0.331. The first-order chi connectivity index (χ1) is 9.70. The van der Waals surface area contributed by atoms with E-state index in [0.29, 0.717) is 37.2 Å². The molecule has 0 aromatic carbocycles. The number of likely N-dealkylation sites (N-methyl/N-ethyl adjacent to an activating group) is 1. The summed E-state index contributed by atoms with van der Waals surface area (Å²) in [6.07, 6.45) is 1.67. The van der Waals surface area contributed by atoms with E-state index < -0.39 is 0 Å². The van der Waals surface area contributed by atoms with Crippen LogP contribution in [-0.2, 0) is 4.74 Å². The Hall–Kier alpha value is -1.97. The van der Waals surface area contributed by atoms with Gasteiger partial charge in [0.15, 0.2) is 5.65 Å². The summed E-state index contributed by atoms with van der Waals surface area (Å²) < 4.78 is 5.50. The van der Waals surface area contributed by atoms with Crippen LogP contribution in [0.2, 0.25) is 0 Å². The number of hydrogen-bond acceptors (Lipinski definition) is 8. The molecule has 9 nitrogen and oxygen atoms in total. The fourth-order valence-electron chi connectivity index (χ4n) is 1.62. The average molecular weight is 280 g/mol. The molecular weight excluding hydrogens is 260 g/mol. The van der Waals surface area contributed by atoms with Crippen molar-refractivity contribution in [1.82, 2.24) is 25.1 Å². The molecule has 0 unspecified atom stereocenters. The van der Waals surface area contributed by atoms with Crippen LogP contribution in [0.1, 0.15) is 0 Å². The zero-order chi connectivity index (χ0) is 14.4. The summed E-state index contributed by atoms with van der Waals surface area (Å²) in [4.78, 5) is 10.5. The van der Waals surface area contributed by atoms with Crippen LogP contribution in [0.5, 0.6) is 0 Å². The summed E-state index contributed by atoms with van der Waals surface area (Å²) in [5.74, 6) is 6.34. The number of ether oxygens (including phenoxy) is 1. The lowest BCUT2D eigenvalue weighted by atomic mass is 10.4. The minimum Gasteiger partial charge on any atom is -0.378 e. The first-order valence-corrected chi connectivity index (χ1v) is 6.35. The molecule has 0 saturated heterocycles. The second-order valence-electron chi connectivity index (χ2n) is 4.51. The number of nitrogens with two attached hydrogens (primary N) is 1. The SMILES string of the molecule is CN(C)CCOCCNc1nc(NN)nc2[nH]ncc12. The Bertz CT molecular complexity index is 540. The lowest BCUT2D eigenvalue weighted by molar-refractivity contribution is 0.126. The van der Waals surface area contributed by atoms with E-state index in [1.54, 1.807) is 6.20 Å². The van der Waals surface area contributed by atoms with Gasteiger partial charge in [-0.3, -0.25) is 10.5 Å². The van der Waals surface area contributed by atoms with Crippen LogP contribution in [0.4, 0.5) is 11.8 Å². The fraction of sp³-hybridized carbons (Fsp3) is 0.545. The minimum atomic E-state index is 0.331. The van der Waals surface area contributed by atoms with Gasteiger partial charge in [-0.25, -0.2) is 5.84 Å². The molecule has 0 aliphatic rings. The highest BCUT2D eigenvalue weighted by Gasteiger charge is 2.08. The van der Waals surface area contributed by atoms with E-state index in [1.807, 2.05) is 14.1 Å². The Morgan fingerprint density at radius 1 is 1.35 bits per heavy atom. The second-order valence-corrected chi connectivity index (χ2v) is 4.51. The standard InChI is InChI=1S/C11H20N8O/c1-19(2)4-6-20-5-3-13-9-8-7-14-18-10(8)16-11(15-9)17-12/h7H,3-6,12H2,1-2H3,(H3,13,14,15,16,17,18). The quantitative estimate of drug-likeness (QED) is 0.294. The molecule has 0 aliphatic carbocycles. The molecule has 0 aliphatic heterocycles. The second kappa shape index (κ2) is 6.98. The van der Waals surface area contributed by atoms with E-state index in [-0.39, 0.29) is 0 Å². The van der Waals surface area contributed by atoms with Gasteiger partial charge >= 0.3 is 0 Å². The smallest absolute Gasteiger partial charge is 0.241 e. The topological polar surface area (TPSA) is 117 Å². The van der Waals surface area contributed by atoms with E-state index >= 15 is 0 Å². The Kier molecular flexibility index (Phi) is 5.04. The third-order valence-corrected chi connectivity index (χ3v) is 2.66. The maximum absolute atomic E-state index is 5.50. The molecule has 0 atom stereocenters. The molecule has 0 spiro atoms. The molecule has 9 heteroatoms. The zero-order valence-corrected chi connectivity index (χ0v) is 11.7. The maximum atomic E-state index is 5.50. The highest BCUT2D eigenvalue weighted by Crippen LogP contribution is 2.18. The Labute approximate surface area is 116 Å². The number of nitrogen functional groups attached to an aromatic ring is 1. The number of nitrogens with one attached hydrogen (secondary N) is 3. The highest BCUT2D eigenvalue weighted by atomic mass is 16.5. The van der Waals surface area contributed by atoms with Crippen LogP contribution in [0.25, 0.3) is 11.0 Å². The van der Waals surface area contributed by atoms with Gasteiger partial charge in [-0.05, 0) is 14.1 Å². The summed E-state index contributed by atoms with van der Waals surface area (Å²) in [6, 6.07) is 0. The Morgan fingerprint density at radius 2 is 2.20 bits per heavy atom. The van der Waals surface area contributed by atoms with Gasteiger partial charge in [0.05, 0.1) is 24.8 Å². The number of hydrogen-bond donors (Lipinski definition) is 4. The zero-order valence-electron chi connectivity index (χ0n) is 11.7. The van der Waals surface area contributed by atoms with Crippen molar-refractivity contribution >= 4 is 22.8 Å². The molecule has 2 rings (SSSR count). The summed E-state index contributed by atoms with van der Waals surface area (Å²) in [7, 11) is 4.03. The monoisotopic (exact) mass is 280 g/mol. The van der Waals surface area contributed by atoms with Crippen LogP contribution in [0, 0.1) is 0 Å². The molecule has 0 amide bonds. The summed E-state index contributed by atoms with van der Waals surface area (Å²) in [6.45, 7) is 2.85. The fourth-order valence-corrected chi connectivity index (χ4v) is 1.62. The molecule has 0 radical (unpaired) electrons. The summed E-state index contributed by atoms with van der Waals surface area (Å²) in [5.41, 5.74) is 3.05. The lowest BCUT2D eigenvalue weighted by Gasteiger charge is -2.11. The van der Waals surface area contributed by atoms with Gasteiger partial charge in [-0.2, -0.15) is 15.1 Å². The number of fused-ring (bicyclic) bond motifs is 1. The van der Waals surface area contributed by atoms with Crippen LogP contribution < -0.4 is 16.6 Å². The molecule has 2 aromatic heterocycles. The van der Waals surface area contributed by atoms with Crippen molar-refractivity contribution < 1.29 is 4.74 Å². The molecule has 5 N–H and O–H groups in total. The van der Waals surface area contributed by atoms with E-state index in [4.69, 9.17) is 10.6 Å². The van der Waals surface area contributed by atoms with Crippen LogP contribution >= 0.6 is 0 Å². The number of H-pyrrole nitrogens is 1. The van der Waals surface area contributed by atoms with Crippen molar-refractivity contribution in [3.8, 4) is 0 Å². The molecule has 0 bridgehead atoms. The van der Waals surface area contributed by atoms with Crippen LogP contribution in [0.3, 0.4) is 0 Å². The number of hydrazine groups is 1. The molecule has 2 aromatic rings. The predicted molar refractivity (Wildman–Crippen MR) is 77.4 cm³/mol. The van der Waals surface area contributed by atoms with Crippen molar-refractivity contribution in [2.75, 3.05) is 51.1 Å². The number of nitrogens with zero attached hydrogens (tertiary/aromatic N) is 4. The van der Waals surface area contributed by atoms with E-state index in [2.05, 4.69) is 35.8 Å². The van der Waals surface area contributed by atoms with Gasteiger partial charge in [-0.1, -0.05) is 0 Å². The number of aromatic nitrogens is 4. The third kappa shape index (κ3) is 3.76. The molecule has 2 heterocycles. The molecule has 0 saturated carbocycles. The molecule has 20 heavy (non-hydrogen) atoms. The largest absolute Gasteiger partial charge is 0.378 e. The Morgan fingerprint density at radius 3 is 2.95 bits per heavy atom. The van der Waals surface area contributed by atoms with Crippen LogP contribution in [0.15, 0.2) is 6.20 Å². The Balaban J connectivity index is 1.87. The van der Waals surface area contributed by atoms with Crippen molar-refractivity contribution in [3.05, 3.63) is 6.20 Å². The summed E-state index contributed by atoms with van der Waals surface area (Å²) >= 11 is 0. The molecule has 0 fully saturated rings. The molecule has 110 valence electrons.